The largest absolute Gasteiger partial charge is 0.493 e. The van der Waals surface area contributed by atoms with Gasteiger partial charge in [-0.15, -0.1) is 0 Å². The molecule has 0 aliphatic rings. The van der Waals surface area contributed by atoms with Crippen LogP contribution in [0.15, 0.2) is 53.1 Å². The molecule has 0 aliphatic carbocycles. The van der Waals surface area contributed by atoms with E-state index in [4.69, 9.17) is 14.0 Å². The number of nitrogens with one attached hydrogen (secondary N) is 2. The predicted octanol–water partition coefficient (Wildman–Crippen LogP) is 5.53. The molecule has 0 bridgehead atoms. The minimum atomic E-state index is -1.13. The maximum absolute atomic E-state index is 14.0. The average Bonchev–Trinajstić information content (AvgIpc) is 3.32. The fourth-order valence-electron chi connectivity index (χ4n) is 4.39. The second kappa shape index (κ2) is 13.3. The first-order valence-corrected chi connectivity index (χ1v) is 13.5. The smallest absolute Gasteiger partial charge is 0.248 e. The summed E-state index contributed by atoms with van der Waals surface area (Å²) in [6.07, 6.45) is -0.297. The maximum Gasteiger partial charge on any atom is 0.248 e. The molecular weight excluding hydrogens is 524 g/mol. The van der Waals surface area contributed by atoms with Crippen LogP contribution in [0.1, 0.15) is 76.3 Å². The van der Waals surface area contributed by atoms with Crippen LogP contribution in [-0.4, -0.2) is 42.6 Å². The van der Waals surface area contributed by atoms with Gasteiger partial charge in [0, 0.05) is 35.7 Å². The normalized spacial score (nSPS) is 12.0. The van der Waals surface area contributed by atoms with Crippen LogP contribution >= 0.6 is 0 Å². The van der Waals surface area contributed by atoms with Crippen molar-refractivity contribution in [3.63, 3.8) is 0 Å². The second-order valence-electron chi connectivity index (χ2n) is 11.1. The molecule has 0 radical (unpaired) electrons. The molecule has 0 spiro atoms. The Kier molecular flexibility index (Phi) is 10.2. The van der Waals surface area contributed by atoms with Crippen molar-refractivity contribution < 1.29 is 28.4 Å². The van der Waals surface area contributed by atoms with Gasteiger partial charge in [-0.25, -0.2) is 0 Å². The van der Waals surface area contributed by atoms with Gasteiger partial charge in [-0.1, -0.05) is 43.3 Å². The Morgan fingerprint density at radius 2 is 1.68 bits per heavy atom. The van der Waals surface area contributed by atoms with E-state index in [9.17, 15) is 14.4 Å². The molecule has 0 saturated carbocycles. The molecule has 0 unspecified atom stereocenters. The number of benzene rings is 2. The number of nitrogens with zero attached hydrogens (tertiary/aromatic N) is 2. The molecule has 2 aromatic carbocycles. The Hall–Kier alpha value is -4.34. The highest BCUT2D eigenvalue weighted by atomic mass is 16.5. The molecule has 3 rings (SSSR count). The van der Waals surface area contributed by atoms with Gasteiger partial charge in [-0.05, 0) is 57.4 Å². The molecule has 220 valence electrons. The van der Waals surface area contributed by atoms with Crippen molar-refractivity contribution in [1.82, 2.24) is 10.5 Å². The van der Waals surface area contributed by atoms with Crippen LogP contribution in [0.2, 0.25) is 0 Å². The molecule has 41 heavy (non-hydrogen) atoms. The summed E-state index contributed by atoms with van der Waals surface area (Å²) in [5.74, 6) is 0.604. The van der Waals surface area contributed by atoms with Gasteiger partial charge >= 0.3 is 0 Å². The fourth-order valence-corrected chi connectivity index (χ4v) is 4.39. The minimum absolute atomic E-state index is 0.131. The van der Waals surface area contributed by atoms with Gasteiger partial charge < -0.3 is 24.6 Å². The number of para-hydroxylation sites is 1. The molecule has 3 aromatic rings. The Balaban J connectivity index is 2.08. The fraction of sp³-hybridized carbons (Fsp3) is 0.419. The molecule has 3 amide bonds. The Morgan fingerprint density at radius 3 is 2.22 bits per heavy atom. The third-order valence-corrected chi connectivity index (χ3v) is 6.30. The number of ether oxygens (including phenoxy) is 2. The lowest BCUT2D eigenvalue weighted by Crippen LogP contribution is -2.49. The van der Waals surface area contributed by atoms with E-state index in [0.717, 1.165) is 5.56 Å². The van der Waals surface area contributed by atoms with Crippen molar-refractivity contribution in [1.29, 1.82) is 0 Å². The first kappa shape index (κ1) is 31.2. The number of aryl methyl sites for hydroxylation is 1. The van der Waals surface area contributed by atoms with E-state index < -0.39 is 29.3 Å². The van der Waals surface area contributed by atoms with E-state index in [1.54, 1.807) is 31.2 Å². The average molecular weight is 565 g/mol. The number of hydrogen-bond donors (Lipinski definition) is 2. The van der Waals surface area contributed by atoms with Gasteiger partial charge in [0.1, 0.15) is 11.8 Å². The van der Waals surface area contributed by atoms with Gasteiger partial charge in [-0.3, -0.25) is 19.3 Å². The molecule has 10 nitrogen and oxygen atoms in total. The third kappa shape index (κ3) is 8.09. The van der Waals surface area contributed by atoms with Crippen molar-refractivity contribution in [3.8, 4) is 11.5 Å². The number of aromatic nitrogens is 1. The van der Waals surface area contributed by atoms with E-state index in [-0.39, 0.29) is 24.6 Å². The first-order chi connectivity index (χ1) is 19.3. The third-order valence-electron chi connectivity index (χ3n) is 6.30. The van der Waals surface area contributed by atoms with Gasteiger partial charge in [0.2, 0.25) is 17.7 Å². The summed E-state index contributed by atoms with van der Waals surface area (Å²) in [6.45, 7) is 11.5. The van der Waals surface area contributed by atoms with Crippen LogP contribution in [0.25, 0.3) is 0 Å². The maximum atomic E-state index is 14.0. The SMILES string of the molecule is COc1cccc([C@@H](C(=O)NC(C)(C)C)N(C(=O)CCC(=O)Nc2cc(C)on2)c2ccc(C(C)C)cc2)c1OC. The number of hydrogen-bond acceptors (Lipinski definition) is 7. The number of anilines is 2. The van der Waals surface area contributed by atoms with Crippen LogP contribution in [-0.2, 0) is 14.4 Å². The topological polar surface area (TPSA) is 123 Å². The molecule has 1 aromatic heterocycles. The quantitative estimate of drug-likeness (QED) is 0.314. The van der Waals surface area contributed by atoms with E-state index >= 15 is 0 Å². The standard InChI is InChI=1S/C31H40N4O6/c1-19(2)21-12-14-22(15-13-21)35(27(37)17-16-26(36)32-25-18-20(3)41-34-25)28(30(38)33-31(4,5)6)23-10-9-11-24(39-7)29(23)40-8/h9-15,18-19,28H,16-17H2,1-8H3,(H,33,38)(H,32,34,36)/t28-/m0/s1. The van der Waals surface area contributed by atoms with Crippen molar-refractivity contribution in [2.75, 3.05) is 24.4 Å². The Labute approximate surface area is 241 Å². The number of amides is 3. The number of carbonyl (C=O) groups excluding carboxylic acids is 3. The summed E-state index contributed by atoms with van der Waals surface area (Å²) in [4.78, 5) is 42.1. The minimum Gasteiger partial charge on any atom is -0.493 e. The summed E-state index contributed by atoms with van der Waals surface area (Å²) in [6, 6.07) is 13.2. The Morgan fingerprint density at radius 1 is 1.00 bits per heavy atom. The van der Waals surface area contributed by atoms with Crippen LogP contribution < -0.4 is 25.0 Å². The highest BCUT2D eigenvalue weighted by Crippen LogP contribution is 2.39. The summed E-state index contributed by atoms with van der Waals surface area (Å²) in [7, 11) is 2.99. The molecule has 10 heteroatoms. The Bertz CT molecular complexity index is 1360. The zero-order valence-electron chi connectivity index (χ0n) is 25.0. The lowest BCUT2D eigenvalue weighted by molar-refractivity contribution is -0.128. The van der Waals surface area contributed by atoms with Gasteiger partial charge in [0.25, 0.3) is 0 Å². The van der Waals surface area contributed by atoms with Crippen LogP contribution in [0, 0.1) is 6.92 Å². The van der Waals surface area contributed by atoms with Gasteiger partial charge in [-0.2, -0.15) is 0 Å². The van der Waals surface area contributed by atoms with Gasteiger partial charge in [0.05, 0.1) is 14.2 Å². The van der Waals surface area contributed by atoms with Crippen LogP contribution in [0.4, 0.5) is 11.5 Å². The van der Waals surface area contributed by atoms with Crippen molar-refractivity contribution in [3.05, 3.63) is 65.4 Å². The lowest BCUT2D eigenvalue weighted by Gasteiger charge is -2.34. The number of carbonyl (C=O) groups is 3. The molecule has 1 heterocycles. The van der Waals surface area contributed by atoms with E-state index in [1.807, 2.05) is 45.0 Å². The summed E-state index contributed by atoms with van der Waals surface area (Å²) in [5, 5.41) is 9.42. The molecule has 0 aliphatic heterocycles. The monoisotopic (exact) mass is 564 g/mol. The summed E-state index contributed by atoms with van der Waals surface area (Å²) < 4.78 is 16.2. The molecule has 1 atom stereocenters. The molecular formula is C31H40N4O6. The molecule has 0 saturated heterocycles. The molecule has 2 N–H and O–H groups in total. The van der Waals surface area contributed by atoms with Crippen molar-refractivity contribution in [2.24, 2.45) is 0 Å². The zero-order valence-corrected chi connectivity index (χ0v) is 25.0. The van der Waals surface area contributed by atoms with E-state index in [0.29, 0.717) is 28.5 Å². The van der Waals surface area contributed by atoms with Gasteiger partial charge in [0.15, 0.2) is 17.3 Å². The zero-order chi connectivity index (χ0) is 30.3. The van der Waals surface area contributed by atoms with Crippen molar-refractivity contribution in [2.45, 2.75) is 71.9 Å². The highest BCUT2D eigenvalue weighted by molar-refractivity contribution is 6.03. The van der Waals surface area contributed by atoms with E-state index in [1.165, 1.54) is 19.1 Å². The number of rotatable bonds is 11. The highest BCUT2D eigenvalue weighted by Gasteiger charge is 2.37. The summed E-state index contributed by atoms with van der Waals surface area (Å²) in [5.41, 5.74) is 1.44. The number of methoxy groups -OCH3 is 2. The predicted molar refractivity (Wildman–Crippen MR) is 157 cm³/mol. The van der Waals surface area contributed by atoms with Crippen LogP contribution in [0.5, 0.6) is 11.5 Å². The lowest BCUT2D eigenvalue weighted by atomic mass is 9.98. The van der Waals surface area contributed by atoms with Crippen molar-refractivity contribution >= 4 is 29.2 Å². The van der Waals surface area contributed by atoms with Crippen LogP contribution in [0.3, 0.4) is 0 Å². The van der Waals surface area contributed by atoms with E-state index in [2.05, 4.69) is 29.6 Å². The molecule has 0 fully saturated rings. The first-order valence-electron chi connectivity index (χ1n) is 13.5. The second-order valence-corrected chi connectivity index (χ2v) is 11.1. The summed E-state index contributed by atoms with van der Waals surface area (Å²) >= 11 is 0.